The number of hydrogen-bond donors (Lipinski definition) is 3. The number of aromatic nitrogens is 5. The molecular formula is C17H18N6O5S. The lowest BCUT2D eigenvalue weighted by atomic mass is 10.1. The van der Waals surface area contributed by atoms with Gasteiger partial charge in [0.05, 0.1) is 30.2 Å². The number of rotatable bonds is 5. The third kappa shape index (κ3) is 3.18. The molecule has 12 heteroatoms. The minimum Gasteiger partial charge on any atom is -0.394 e. The van der Waals surface area contributed by atoms with Gasteiger partial charge in [-0.1, -0.05) is 16.9 Å². The smallest absolute Gasteiger partial charge is 0.166 e. The van der Waals surface area contributed by atoms with Gasteiger partial charge in [-0.2, -0.15) is 0 Å². The highest BCUT2D eigenvalue weighted by molar-refractivity contribution is 7.99. The van der Waals surface area contributed by atoms with Gasteiger partial charge >= 0.3 is 0 Å². The van der Waals surface area contributed by atoms with E-state index in [2.05, 4.69) is 25.0 Å². The van der Waals surface area contributed by atoms with Gasteiger partial charge in [0.1, 0.15) is 35.2 Å². The summed E-state index contributed by atoms with van der Waals surface area (Å²) in [4.78, 5) is 15.1. The quantitative estimate of drug-likeness (QED) is 0.313. The summed E-state index contributed by atoms with van der Waals surface area (Å²) >= 11 is 1.50. The summed E-state index contributed by atoms with van der Waals surface area (Å²) in [6.45, 7) is 0.301. The average molecular weight is 418 g/mol. The number of aliphatic hydroxyl groups is 3. The number of nitrogens with zero attached hydrogens (tertiary/aromatic N) is 6. The Bertz CT molecular complexity index is 1150. The highest BCUT2D eigenvalue weighted by Gasteiger charge is 2.44. The Labute approximate surface area is 167 Å². The third-order valence-corrected chi connectivity index (χ3v) is 5.98. The van der Waals surface area contributed by atoms with Gasteiger partial charge in [0, 0.05) is 12.7 Å². The van der Waals surface area contributed by atoms with E-state index in [1.807, 2.05) is 12.3 Å². The van der Waals surface area contributed by atoms with E-state index in [9.17, 15) is 15.3 Å². The second-order valence-corrected chi connectivity index (χ2v) is 7.69. The molecular weight excluding hydrogens is 400 g/mol. The molecule has 4 unspecified atom stereocenters. The number of fused-ring (bicyclic) bond motifs is 2. The van der Waals surface area contributed by atoms with Crippen LogP contribution in [0.1, 0.15) is 6.23 Å². The van der Waals surface area contributed by atoms with E-state index in [-0.39, 0.29) is 0 Å². The van der Waals surface area contributed by atoms with Crippen LogP contribution in [0.25, 0.3) is 23.4 Å². The van der Waals surface area contributed by atoms with Crippen LogP contribution in [0.4, 0.5) is 0 Å². The van der Waals surface area contributed by atoms with Crippen molar-refractivity contribution in [1.29, 1.82) is 0 Å². The van der Waals surface area contributed by atoms with Crippen molar-refractivity contribution < 1.29 is 24.6 Å². The predicted octanol–water partition coefficient (Wildman–Crippen LogP) is -1.99. The van der Waals surface area contributed by atoms with Crippen LogP contribution in [-0.2, 0) is 4.74 Å². The van der Waals surface area contributed by atoms with Gasteiger partial charge in [-0.3, -0.25) is 4.57 Å². The van der Waals surface area contributed by atoms with E-state index >= 15 is 0 Å². The fraction of sp³-hybridized carbons (Fsp3) is 0.412. The van der Waals surface area contributed by atoms with Crippen LogP contribution >= 0.6 is 11.8 Å². The van der Waals surface area contributed by atoms with Gasteiger partial charge in [0.2, 0.25) is 0 Å². The van der Waals surface area contributed by atoms with Crippen molar-refractivity contribution in [3.63, 3.8) is 0 Å². The molecule has 5 heterocycles. The minimum atomic E-state index is -1.20. The maximum absolute atomic E-state index is 10.3. The van der Waals surface area contributed by atoms with E-state index in [0.717, 1.165) is 10.6 Å². The SMILES string of the molecule is OCC1OC(n2cnc3c(SCN4C=c5cnoc5=CC4)ncnc32)C(O)C1O. The predicted molar refractivity (Wildman–Crippen MR) is 100 cm³/mol. The first-order valence-electron chi connectivity index (χ1n) is 8.95. The van der Waals surface area contributed by atoms with Crippen molar-refractivity contribution >= 4 is 35.2 Å². The summed E-state index contributed by atoms with van der Waals surface area (Å²) in [6, 6.07) is 0. The lowest BCUT2D eigenvalue weighted by Crippen LogP contribution is -2.33. The molecule has 0 spiro atoms. The van der Waals surface area contributed by atoms with E-state index < -0.39 is 31.1 Å². The Morgan fingerprint density at radius 3 is 2.93 bits per heavy atom. The monoisotopic (exact) mass is 418 g/mol. The van der Waals surface area contributed by atoms with E-state index in [4.69, 9.17) is 9.26 Å². The first-order valence-corrected chi connectivity index (χ1v) is 9.94. The number of thioether (sulfide) groups is 1. The first-order chi connectivity index (χ1) is 14.2. The molecule has 3 N–H and O–H groups in total. The molecule has 3 aromatic heterocycles. The number of aliphatic hydroxyl groups excluding tert-OH is 3. The zero-order valence-corrected chi connectivity index (χ0v) is 15.9. The largest absolute Gasteiger partial charge is 0.394 e. The first kappa shape index (κ1) is 18.5. The van der Waals surface area contributed by atoms with Crippen molar-refractivity contribution in [2.75, 3.05) is 19.0 Å². The second-order valence-electron chi connectivity index (χ2n) is 6.76. The zero-order chi connectivity index (χ0) is 20.0. The molecule has 0 aromatic carbocycles. The molecule has 3 aromatic rings. The Kier molecular flexibility index (Phi) is 4.72. The normalized spacial score (nSPS) is 26.4. The summed E-state index contributed by atoms with van der Waals surface area (Å²) in [5, 5.41) is 35.0. The van der Waals surface area contributed by atoms with Crippen LogP contribution in [0.15, 0.2) is 28.4 Å². The van der Waals surface area contributed by atoms with Gasteiger partial charge in [-0.15, -0.1) is 0 Å². The lowest BCUT2D eigenvalue weighted by molar-refractivity contribution is -0.0511. The van der Waals surface area contributed by atoms with E-state index in [1.165, 1.54) is 24.4 Å². The Morgan fingerprint density at radius 1 is 1.21 bits per heavy atom. The maximum atomic E-state index is 10.3. The van der Waals surface area contributed by atoms with Crippen LogP contribution in [-0.4, -0.2) is 82.2 Å². The molecule has 0 amide bonds. The van der Waals surface area contributed by atoms with E-state index in [0.29, 0.717) is 28.6 Å². The molecule has 152 valence electrons. The molecule has 0 radical (unpaired) electrons. The minimum absolute atomic E-state index is 0.394. The van der Waals surface area contributed by atoms with Crippen LogP contribution in [0.5, 0.6) is 0 Å². The van der Waals surface area contributed by atoms with Crippen molar-refractivity contribution in [2.45, 2.75) is 29.6 Å². The fourth-order valence-electron chi connectivity index (χ4n) is 3.42. The molecule has 5 rings (SSSR count). The molecule has 2 aliphatic heterocycles. The van der Waals surface area contributed by atoms with Crippen LogP contribution in [0, 0.1) is 0 Å². The Morgan fingerprint density at radius 2 is 2.10 bits per heavy atom. The summed E-state index contributed by atoms with van der Waals surface area (Å²) in [5.74, 6) is 0.633. The molecule has 1 fully saturated rings. The van der Waals surface area contributed by atoms with Gasteiger partial charge < -0.3 is 29.5 Å². The van der Waals surface area contributed by atoms with E-state index in [1.54, 1.807) is 10.8 Å². The molecule has 0 saturated carbocycles. The van der Waals surface area contributed by atoms with Crippen molar-refractivity contribution in [3.05, 3.63) is 29.5 Å². The number of hydrogen-bond acceptors (Lipinski definition) is 11. The highest BCUT2D eigenvalue weighted by atomic mass is 32.2. The third-order valence-electron chi connectivity index (χ3n) is 4.94. The molecule has 0 bridgehead atoms. The van der Waals surface area contributed by atoms with Crippen LogP contribution in [0.2, 0.25) is 0 Å². The van der Waals surface area contributed by atoms with Crippen molar-refractivity contribution in [2.24, 2.45) is 0 Å². The molecule has 4 atom stereocenters. The zero-order valence-electron chi connectivity index (χ0n) is 15.1. The maximum Gasteiger partial charge on any atom is 0.166 e. The Balaban J connectivity index is 1.38. The summed E-state index contributed by atoms with van der Waals surface area (Å²) in [5.41, 5.74) is 1.82. The Hall–Kier alpha value is -2.51. The number of ether oxygens (including phenoxy) is 1. The molecule has 1 saturated heterocycles. The fourth-order valence-corrected chi connectivity index (χ4v) is 4.29. The van der Waals surface area contributed by atoms with Gasteiger partial charge in [0.25, 0.3) is 0 Å². The van der Waals surface area contributed by atoms with Gasteiger partial charge in [-0.25, -0.2) is 15.0 Å². The van der Waals surface area contributed by atoms with Crippen LogP contribution in [0.3, 0.4) is 0 Å². The average Bonchev–Trinajstić information content (AvgIpc) is 3.44. The van der Waals surface area contributed by atoms with Gasteiger partial charge in [0.15, 0.2) is 17.3 Å². The summed E-state index contributed by atoms with van der Waals surface area (Å²) < 4.78 is 12.3. The summed E-state index contributed by atoms with van der Waals surface area (Å²) in [7, 11) is 0. The second kappa shape index (κ2) is 7.39. The molecule has 2 aliphatic rings. The molecule has 11 nitrogen and oxygen atoms in total. The summed E-state index contributed by atoms with van der Waals surface area (Å²) in [6.07, 6.45) is 4.40. The van der Waals surface area contributed by atoms with Crippen molar-refractivity contribution in [3.8, 4) is 0 Å². The molecule has 0 aliphatic carbocycles. The lowest BCUT2D eigenvalue weighted by Gasteiger charge is -2.19. The van der Waals surface area contributed by atoms with Crippen molar-refractivity contribution in [1.82, 2.24) is 29.6 Å². The number of imidazole rings is 1. The molecule has 29 heavy (non-hydrogen) atoms. The standard InChI is InChI=1S/C17H18N6O5S/c24-5-11-13(25)14(26)17(27-11)23-7-20-12-15(23)18-6-19-16(12)29-8-22-2-1-10-9(4-22)3-21-28-10/h1,3-4,6-7,11,13-14,17,24-26H,2,5,8H2. The van der Waals surface area contributed by atoms with Gasteiger partial charge in [-0.05, 0) is 6.08 Å². The highest BCUT2D eigenvalue weighted by Crippen LogP contribution is 2.32. The topological polar surface area (TPSA) is 143 Å². The van der Waals surface area contributed by atoms with Crippen LogP contribution < -0.4 is 10.6 Å².